The monoisotopic (exact) mass is 275 g/mol. The van der Waals surface area contributed by atoms with Gasteiger partial charge in [-0.05, 0) is 42.5 Å². The first kappa shape index (κ1) is 15.8. The fourth-order valence-corrected chi connectivity index (χ4v) is 2.08. The Kier molecular flexibility index (Phi) is 5.23. The Morgan fingerprint density at radius 1 is 1.26 bits per heavy atom. The molecule has 0 amide bonds. The number of hydrogen-bond acceptors (Lipinski definition) is 2. The number of alkyl halides is 3. The van der Waals surface area contributed by atoms with Gasteiger partial charge >= 0.3 is 6.18 Å². The van der Waals surface area contributed by atoms with Crippen molar-refractivity contribution in [3.05, 3.63) is 29.3 Å². The fraction of sp³-hybridized carbons (Fsp3) is 0.571. The number of ether oxygens (including phenoxy) is 1. The lowest BCUT2D eigenvalue weighted by molar-refractivity contribution is -0.137. The average molecular weight is 275 g/mol. The summed E-state index contributed by atoms with van der Waals surface area (Å²) in [7, 11) is 1.39. The minimum Gasteiger partial charge on any atom is -0.496 e. The van der Waals surface area contributed by atoms with Gasteiger partial charge in [0, 0.05) is 0 Å². The van der Waals surface area contributed by atoms with Crippen LogP contribution in [-0.2, 0) is 6.18 Å². The first-order valence-corrected chi connectivity index (χ1v) is 6.26. The van der Waals surface area contributed by atoms with Crippen molar-refractivity contribution >= 4 is 0 Å². The predicted octanol–water partition coefficient (Wildman–Crippen LogP) is 3.80. The van der Waals surface area contributed by atoms with E-state index in [0.29, 0.717) is 6.54 Å². The molecule has 1 aromatic carbocycles. The molecule has 0 aliphatic rings. The number of nitrogens with two attached hydrogens (primary N) is 1. The molecule has 2 N–H and O–H groups in total. The van der Waals surface area contributed by atoms with Crippen LogP contribution in [0.25, 0.3) is 0 Å². The topological polar surface area (TPSA) is 35.2 Å². The highest BCUT2D eigenvalue weighted by Gasteiger charge is 2.32. The van der Waals surface area contributed by atoms with E-state index in [2.05, 4.69) is 0 Å². The lowest BCUT2D eigenvalue weighted by Crippen LogP contribution is -2.13. The third-order valence-electron chi connectivity index (χ3n) is 3.53. The van der Waals surface area contributed by atoms with Crippen LogP contribution in [0.2, 0.25) is 0 Å². The van der Waals surface area contributed by atoms with E-state index in [4.69, 9.17) is 10.5 Å². The smallest absolute Gasteiger partial charge is 0.416 e. The molecule has 1 aromatic rings. The second-order valence-electron chi connectivity index (χ2n) is 4.80. The Morgan fingerprint density at radius 2 is 1.89 bits per heavy atom. The summed E-state index contributed by atoms with van der Waals surface area (Å²) in [5.41, 5.74) is 5.62. The zero-order valence-corrected chi connectivity index (χ0v) is 11.4. The standard InChI is InChI=1S/C14H20F3NO/c1-9(6-7-18)10(2)12-5-4-11(14(15,16)17)8-13(12)19-3/h4-5,8-10H,6-7,18H2,1-3H3. The van der Waals surface area contributed by atoms with Gasteiger partial charge in [-0.3, -0.25) is 0 Å². The maximum Gasteiger partial charge on any atom is 0.416 e. The van der Waals surface area contributed by atoms with Gasteiger partial charge in [0.15, 0.2) is 0 Å². The zero-order valence-electron chi connectivity index (χ0n) is 11.4. The molecule has 0 radical (unpaired) electrons. The molecule has 108 valence electrons. The van der Waals surface area contributed by atoms with Crippen molar-refractivity contribution in [3.63, 3.8) is 0 Å². The molecule has 0 bridgehead atoms. The van der Waals surface area contributed by atoms with Crippen molar-refractivity contribution in [1.82, 2.24) is 0 Å². The number of methoxy groups -OCH3 is 1. The van der Waals surface area contributed by atoms with Crippen LogP contribution in [-0.4, -0.2) is 13.7 Å². The molecule has 0 heterocycles. The summed E-state index contributed by atoms with van der Waals surface area (Å²) in [5.74, 6) is 0.669. The van der Waals surface area contributed by atoms with E-state index in [1.807, 2.05) is 13.8 Å². The van der Waals surface area contributed by atoms with E-state index >= 15 is 0 Å². The minimum atomic E-state index is -4.35. The molecule has 2 unspecified atom stereocenters. The van der Waals surface area contributed by atoms with Crippen molar-refractivity contribution in [2.45, 2.75) is 32.4 Å². The van der Waals surface area contributed by atoms with Crippen molar-refractivity contribution in [2.75, 3.05) is 13.7 Å². The normalized spacial score (nSPS) is 15.1. The molecule has 0 aliphatic heterocycles. The van der Waals surface area contributed by atoms with Gasteiger partial charge in [0.2, 0.25) is 0 Å². The van der Waals surface area contributed by atoms with Gasteiger partial charge in [-0.15, -0.1) is 0 Å². The number of rotatable bonds is 5. The third kappa shape index (κ3) is 3.86. The van der Waals surface area contributed by atoms with Crippen LogP contribution in [0.15, 0.2) is 18.2 Å². The van der Waals surface area contributed by atoms with Gasteiger partial charge in [0.05, 0.1) is 12.7 Å². The zero-order chi connectivity index (χ0) is 14.6. The Balaban J connectivity index is 3.09. The first-order valence-electron chi connectivity index (χ1n) is 6.26. The Hall–Kier alpha value is -1.23. The molecule has 0 fully saturated rings. The fourth-order valence-electron chi connectivity index (χ4n) is 2.08. The summed E-state index contributed by atoms with van der Waals surface area (Å²) in [6.07, 6.45) is -3.52. The third-order valence-corrected chi connectivity index (χ3v) is 3.53. The summed E-state index contributed by atoms with van der Waals surface area (Å²) in [5, 5.41) is 0. The molecule has 2 nitrogen and oxygen atoms in total. The van der Waals surface area contributed by atoms with Gasteiger partial charge in [-0.1, -0.05) is 19.9 Å². The summed E-state index contributed by atoms with van der Waals surface area (Å²) >= 11 is 0. The van der Waals surface area contributed by atoms with Gasteiger partial charge in [0.25, 0.3) is 0 Å². The quantitative estimate of drug-likeness (QED) is 0.887. The van der Waals surface area contributed by atoms with E-state index in [9.17, 15) is 13.2 Å². The van der Waals surface area contributed by atoms with Crippen LogP contribution in [0.3, 0.4) is 0 Å². The summed E-state index contributed by atoms with van der Waals surface area (Å²) in [6, 6.07) is 3.66. The maximum absolute atomic E-state index is 12.6. The summed E-state index contributed by atoms with van der Waals surface area (Å²) in [4.78, 5) is 0. The molecule has 0 aliphatic carbocycles. The van der Waals surface area contributed by atoms with Gasteiger partial charge in [-0.25, -0.2) is 0 Å². The highest BCUT2D eigenvalue weighted by molar-refractivity contribution is 5.41. The Morgan fingerprint density at radius 3 is 2.37 bits per heavy atom. The predicted molar refractivity (Wildman–Crippen MR) is 69.2 cm³/mol. The first-order chi connectivity index (χ1) is 8.81. The minimum absolute atomic E-state index is 0.0979. The number of halogens is 3. The van der Waals surface area contributed by atoms with Crippen molar-refractivity contribution < 1.29 is 17.9 Å². The Labute approximate surface area is 111 Å². The second kappa shape index (κ2) is 6.28. The van der Waals surface area contributed by atoms with Gasteiger partial charge in [-0.2, -0.15) is 13.2 Å². The van der Waals surface area contributed by atoms with Crippen molar-refractivity contribution in [3.8, 4) is 5.75 Å². The molecule has 0 saturated heterocycles. The van der Waals surface area contributed by atoms with E-state index in [1.165, 1.54) is 13.2 Å². The molecule has 1 rings (SSSR count). The molecule has 19 heavy (non-hydrogen) atoms. The van der Waals surface area contributed by atoms with Crippen LogP contribution >= 0.6 is 0 Å². The molecular formula is C14H20F3NO. The van der Waals surface area contributed by atoms with Crippen LogP contribution in [0.5, 0.6) is 5.75 Å². The van der Waals surface area contributed by atoms with Crippen molar-refractivity contribution in [2.24, 2.45) is 11.7 Å². The lowest BCUT2D eigenvalue weighted by Gasteiger charge is -2.22. The SMILES string of the molecule is COc1cc(C(F)(F)F)ccc1C(C)C(C)CCN. The molecule has 0 saturated carbocycles. The molecule has 2 atom stereocenters. The average Bonchev–Trinajstić information content (AvgIpc) is 2.36. The van der Waals surface area contributed by atoms with Crippen LogP contribution in [0.1, 0.15) is 37.3 Å². The van der Waals surface area contributed by atoms with Gasteiger partial charge in [0.1, 0.15) is 5.75 Å². The van der Waals surface area contributed by atoms with E-state index < -0.39 is 11.7 Å². The van der Waals surface area contributed by atoms with Gasteiger partial charge < -0.3 is 10.5 Å². The highest BCUT2D eigenvalue weighted by atomic mass is 19.4. The van der Waals surface area contributed by atoms with Crippen LogP contribution in [0.4, 0.5) is 13.2 Å². The Bertz CT molecular complexity index is 418. The molecular weight excluding hydrogens is 255 g/mol. The largest absolute Gasteiger partial charge is 0.496 e. The molecule has 5 heteroatoms. The number of hydrogen-bond donors (Lipinski definition) is 1. The molecule has 0 aromatic heterocycles. The molecule has 0 spiro atoms. The van der Waals surface area contributed by atoms with E-state index in [0.717, 1.165) is 24.1 Å². The van der Waals surface area contributed by atoms with Crippen molar-refractivity contribution in [1.29, 1.82) is 0 Å². The van der Waals surface area contributed by atoms with E-state index in [-0.39, 0.29) is 17.6 Å². The highest BCUT2D eigenvalue weighted by Crippen LogP contribution is 2.37. The summed E-state index contributed by atoms with van der Waals surface area (Å²) < 4.78 is 43.0. The lowest BCUT2D eigenvalue weighted by atomic mass is 9.86. The second-order valence-corrected chi connectivity index (χ2v) is 4.80. The van der Waals surface area contributed by atoms with Crippen LogP contribution in [0, 0.1) is 5.92 Å². The maximum atomic E-state index is 12.6. The summed E-state index contributed by atoms with van der Waals surface area (Å²) in [6.45, 7) is 4.58. The number of benzene rings is 1. The van der Waals surface area contributed by atoms with E-state index in [1.54, 1.807) is 0 Å². The van der Waals surface area contributed by atoms with Crippen LogP contribution < -0.4 is 10.5 Å².